The van der Waals surface area contributed by atoms with Gasteiger partial charge >= 0.3 is 0 Å². The first-order valence-electron chi connectivity index (χ1n) is 4.58. The van der Waals surface area contributed by atoms with E-state index in [0.717, 1.165) is 5.92 Å². The van der Waals surface area contributed by atoms with Crippen LogP contribution in [0.5, 0.6) is 0 Å². The monoisotopic (exact) mass is 152 g/mol. The molecule has 0 saturated heterocycles. The van der Waals surface area contributed by atoms with Crippen LogP contribution in [0.15, 0.2) is 23.3 Å². The van der Waals surface area contributed by atoms with Gasteiger partial charge in [-0.1, -0.05) is 51.0 Å². The Morgan fingerprint density at radius 2 is 1.82 bits per heavy atom. The van der Waals surface area contributed by atoms with Crippen LogP contribution in [0, 0.1) is 5.92 Å². The third kappa shape index (κ3) is 2.92. The molecule has 1 rings (SSSR count). The molecule has 0 heterocycles. The van der Waals surface area contributed by atoms with Crippen LogP contribution in [0.3, 0.4) is 0 Å². The molecule has 1 aliphatic rings. The SMILES string of the molecule is CC.CC1=C(C(C)C)CC=C1. The van der Waals surface area contributed by atoms with Gasteiger partial charge in [-0.05, 0) is 19.3 Å². The average molecular weight is 152 g/mol. The molecule has 0 aromatic carbocycles. The third-order valence-electron chi connectivity index (χ3n) is 1.91. The summed E-state index contributed by atoms with van der Waals surface area (Å²) in [6, 6.07) is 0. The molecule has 0 aromatic heterocycles. The van der Waals surface area contributed by atoms with Crippen LogP contribution in [-0.2, 0) is 0 Å². The fraction of sp³-hybridized carbons (Fsp3) is 0.636. The Balaban J connectivity index is 0.000000461. The predicted molar refractivity (Wildman–Crippen MR) is 52.6 cm³/mol. The molecule has 0 aromatic rings. The van der Waals surface area contributed by atoms with Crippen molar-refractivity contribution in [3.05, 3.63) is 23.3 Å². The van der Waals surface area contributed by atoms with Crippen molar-refractivity contribution >= 4 is 0 Å². The standard InChI is InChI=1S/C9H14.C2H6/c1-7(2)9-6-4-5-8(9)3;1-2/h4-5,7H,6H2,1-3H3;1-2H3. The number of hydrogen-bond donors (Lipinski definition) is 0. The molecular weight excluding hydrogens is 132 g/mol. The van der Waals surface area contributed by atoms with Gasteiger partial charge in [-0.25, -0.2) is 0 Å². The highest BCUT2D eigenvalue weighted by molar-refractivity contribution is 5.32. The van der Waals surface area contributed by atoms with E-state index in [1.807, 2.05) is 13.8 Å². The van der Waals surface area contributed by atoms with Crippen LogP contribution in [0.4, 0.5) is 0 Å². The number of hydrogen-bond acceptors (Lipinski definition) is 0. The summed E-state index contributed by atoms with van der Waals surface area (Å²) in [5.74, 6) is 0.736. The zero-order valence-corrected chi connectivity index (χ0v) is 8.44. The lowest BCUT2D eigenvalue weighted by atomic mass is 10.00. The highest BCUT2D eigenvalue weighted by Gasteiger charge is 2.07. The molecule has 0 heteroatoms. The van der Waals surface area contributed by atoms with Gasteiger partial charge in [-0.3, -0.25) is 0 Å². The van der Waals surface area contributed by atoms with Crippen molar-refractivity contribution < 1.29 is 0 Å². The second-order valence-corrected chi connectivity index (χ2v) is 2.97. The maximum atomic E-state index is 2.26. The van der Waals surface area contributed by atoms with Crippen LogP contribution in [0.25, 0.3) is 0 Å². The van der Waals surface area contributed by atoms with E-state index in [1.54, 1.807) is 5.57 Å². The molecule has 0 spiro atoms. The van der Waals surface area contributed by atoms with Gasteiger partial charge in [-0.15, -0.1) is 0 Å². The van der Waals surface area contributed by atoms with Crippen molar-refractivity contribution in [2.45, 2.75) is 41.0 Å². The summed E-state index contributed by atoms with van der Waals surface area (Å²) >= 11 is 0. The summed E-state index contributed by atoms with van der Waals surface area (Å²) < 4.78 is 0. The maximum absolute atomic E-state index is 2.26. The molecule has 0 atom stereocenters. The van der Waals surface area contributed by atoms with Crippen LogP contribution < -0.4 is 0 Å². The summed E-state index contributed by atoms with van der Waals surface area (Å²) in [6.07, 6.45) is 5.64. The van der Waals surface area contributed by atoms with E-state index < -0.39 is 0 Å². The molecule has 0 unspecified atom stereocenters. The van der Waals surface area contributed by atoms with Crippen molar-refractivity contribution in [2.24, 2.45) is 5.92 Å². The van der Waals surface area contributed by atoms with Crippen molar-refractivity contribution in [3.63, 3.8) is 0 Å². The van der Waals surface area contributed by atoms with Crippen molar-refractivity contribution in [1.29, 1.82) is 0 Å². The van der Waals surface area contributed by atoms with Gasteiger partial charge in [0.15, 0.2) is 0 Å². The van der Waals surface area contributed by atoms with Crippen molar-refractivity contribution in [3.8, 4) is 0 Å². The first-order chi connectivity index (χ1) is 5.22. The number of allylic oxidation sites excluding steroid dienone is 4. The third-order valence-corrected chi connectivity index (χ3v) is 1.91. The Bertz CT molecular complexity index is 159. The summed E-state index contributed by atoms with van der Waals surface area (Å²) in [5, 5.41) is 0. The van der Waals surface area contributed by atoms with Gasteiger partial charge in [0.05, 0.1) is 0 Å². The minimum atomic E-state index is 0.736. The number of rotatable bonds is 1. The molecule has 0 radical (unpaired) electrons. The Morgan fingerprint density at radius 3 is 2.00 bits per heavy atom. The molecule has 0 fully saturated rings. The fourth-order valence-electron chi connectivity index (χ4n) is 1.32. The van der Waals surface area contributed by atoms with Crippen molar-refractivity contribution in [1.82, 2.24) is 0 Å². The second-order valence-electron chi connectivity index (χ2n) is 2.97. The second kappa shape index (κ2) is 5.17. The predicted octanol–water partition coefficient (Wildman–Crippen LogP) is 3.95. The van der Waals surface area contributed by atoms with Gasteiger partial charge in [0.25, 0.3) is 0 Å². The Kier molecular flexibility index (Phi) is 4.93. The summed E-state index contributed by atoms with van der Waals surface area (Å²) in [6.45, 7) is 10.7. The van der Waals surface area contributed by atoms with E-state index in [4.69, 9.17) is 0 Å². The summed E-state index contributed by atoms with van der Waals surface area (Å²) in [5.41, 5.74) is 3.08. The molecule has 1 aliphatic carbocycles. The lowest BCUT2D eigenvalue weighted by Gasteiger charge is -2.06. The van der Waals surface area contributed by atoms with Gasteiger partial charge < -0.3 is 0 Å². The molecule has 0 amide bonds. The highest BCUT2D eigenvalue weighted by Crippen LogP contribution is 2.24. The van der Waals surface area contributed by atoms with E-state index in [0.29, 0.717) is 0 Å². The summed E-state index contributed by atoms with van der Waals surface area (Å²) in [7, 11) is 0. The average Bonchev–Trinajstić information content (AvgIpc) is 2.39. The molecule has 0 bridgehead atoms. The molecule has 0 N–H and O–H groups in total. The zero-order chi connectivity index (χ0) is 8.85. The molecule has 11 heavy (non-hydrogen) atoms. The molecular formula is C11H20. The van der Waals surface area contributed by atoms with Gasteiger partial charge in [0.2, 0.25) is 0 Å². The van der Waals surface area contributed by atoms with Crippen LogP contribution >= 0.6 is 0 Å². The lowest BCUT2D eigenvalue weighted by Crippen LogP contribution is -1.91. The van der Waals surface area contributed by atoms with E-state index >= 15 is 0 Å². The maximum Gasteiger partial charge on any atom is -0.0127 e. The largest absolute Gasteiger partial charge is 0.0802 e. The molecule has 0 nitrogen and oxygen atoms in total. The fourth-order valence-corrected chi connectivity index (χ4v) is 1.32. The molecule has 0 saturated carbocycles. The normalized spacial score (nSPS) is 15.5. The minimum absolute atomic E-state index is 0.736. The van der Waals surface area contributed by atoms with E-state index in [1.165, 1.54) is 12.0 Å². The van der Waals surface area contributed by atoms with E-state index in [-0.39, 0.29) is 0 Å². The Morgan fingerprint density at radius 1 is 1.27 bits per heavy atom. The van der Waals surface area contributed by atoms with Crippen LogP contribution in [0.2, 0.25) is 0 Å². The van der Waals surface area contributed by atoms with Crippen LogP contribution in [0.1, 0.15) is 41.0 Å². The van der Waals surface area contributed by atoms with E-state index in [2.05, 4.69) is 32.9 Å². The van der Waals surface area contributed by atoms with Crippen molar-refractivity contribution in [2.75, 3.05) is 0 Å². The Labute approximate surface area is 71.0 Å². The van der Waals surface area contributed by atoms with Gasteiger partial charge in [0.1, 0.15) is 0 Å². The van der Waals surface area contributed by atoms with Gasteiger partial charge in [0, 0.05) is 0 Å². The smallest absolute Gasteiger partial charge is 0.0127 e. The highest BCUT2D eigenvalue weighted by atomic mass is 14.1. The first kappa shape index (κ1) is 10.5. The zero-order valence-electron chi connectivity index (χ0n) is 8.44. The molecule has 0 aliphatic heterocycles. The summed E-state index contributed by atoms with van der Waals surface area (Å²) in [4.78, 5) is 0. The van der Waals surface area contributed by atoms with Gasteiger partial charge in [-0.2, -0.15) is 0 Å². The Hall–Kier alpha value is -0.520. The lowest BCUT2D eigenvalue weighted by molar-refractivity contribution is 0.746. The van der Waals surface area contributed by atoms with E-state index in [9.17, 15) is 0 Å². The topological polar surface area (TPSA) is 0 Å². The first-order valence-corrected chi connectivity index (χ1v) is 4.58. The molecule has 64 valence electrons. The minimum Gasteiger partial charge on any atom is -0.0802 e. The van der Waals surface area contributed by atoms with Crippen LogP contribution in [-0.4, -0.2) is 0 Å². The quantitative estimate of drug-likeness (QED) is 0.534.